The number of carbonyl (C=O) groups is 3. The Kier molecular flexibility index (Phi) is 4.92. The van der Waals surface area contributed by atoms with Crippen LogP contribution in [0.5, 0.6) is 0 Å². The maximum absolute atomic E-state index is 12.5. The van der Waals surface area contributed by atoms with E-state index in [4.69, 9.17) is 5.11 Å². The number of carbonyl (C=O) groups excluding carboxylic acids is 2. The number of aliphatic hydroxyl groups excluding tert-OH is 1. The number of amides is 1. The number of ketones is 1. The zero-order valence-electron chi connectivity index (χ0n) is 14.0. The predicted molar refractivity (Wildman–Crippen MR) is 90.1 cm³/mol. The second kappa shape index (κ2) is 7.13. The number of aryl methyl sites for hydroxylation is 1. The highest BCUT2D eigenvalue weighted by Gasteiger charge is 2.33. The molecule has 0 unspecified atom stereocenters. The van der Waals surface area contributed by atoms with Crippen LogP contribution in [0.1, 0.15) is 55.7 Å². The van der Waals surface area contributed by atoms with Gasteiger partial charge in [-0.25, -0.2) is 0 Å². The summed E-state index contributed by atoms with van der Waals surface area (Å²) in [4.78, 5) is 35.6. The van der Waals surface area contributed by atoms with Crippen LogP contribution in [-0.4, -0.2) is 39.0 Å². The lowest BCUT2D eigenvalue weighted by atomic mass is 9.98. The first-order valence-electron chi connectivity index (χ1n) is 8.65. The molecule has 0 saturated heterocycles. The molecule has 7 nitrogen and oxygen atoms in total. The fraction of sp³-hybridized carbons (Fsp3) is 0.500. The van der Waals surface area contributed by atoms with Gasteiger partial charge in [0.25, 0.3) is 5.91 Å². The summed E-state index contributed by atoms with van der Waals surface area (Å²) in [7, 11) is 0. The molecule has 1 aromatic heterocycles. The third-order valence-corrected chi connectivity index (χ3v) is 4.68. The van der Waals surface area contributed by atoms with Crippen molar-refractivity contribution in [1.29, 1.82) is 0 Å². The first kappa shape index (κ1) is 17.3. The van der Waals surface area contributed by atoms with Crippen LogP contribution in [0.2, 0.25) is 0 Å². The fourth-order valence-corrected chi connectivity index (χ4v) is 3.27. The second-order valence-electron chi connectivity index (χ2n) is 6.62. The largest absolute Gasteiger partial charge is 0.505 e. The van der Waals surface area contributed by atoms with E-state index >= 15 is 0 Å². The minimum Gasteiger partial charge on any atom is -0.505 e. The van der Waals surface area contributed by atoms with Crippen molar-refractivity contribution in [3.63, 3.8) is 0 Å². The minimum atomic E-state index is -1.21. The number of aliphatic hydroxyl groups is 1. The SMILES string of the molecule is O=C(O)CNC(=O)C1=C(O)c2c(C3CC3)ccn2CCCCCC1=O. The lowest BCUT2D eigenvalue weighted by molar-refractivity contribution is -0.137. The molecule has 7 heteroatoms. The summed E-state index contributed by atoms with van der Waals surface area (Å²) in [5.74, 6) is -2.47. The standard InChI is InChI=1S/C18H22N2O5/c21-13-4-2-1-3-8-20-9-7-12(11-5-6-11)16(20)17(24)15(13)18(25)19-10-14(22)23/h7,9,11,24H,1-6,8,10H2,(H,19,25)(H,22,23). The van der Waals surface area contributed by atoms with Crippen LogP contribution >= 0.6 is 0 Å². The van der Waals surface area contributed by atoms with Crippen LogP contribution in [0.25, 0.3) is 5.76 Å². The molecular weight excluding hydrogens is 324 g/mol. The quantitative estimate of drug-likeness (QED) is 0.722. The number of hydrogen-bond donors (Lipinski definition) is 3. The van der Waals surface area contributed by atoms with E-state index in [-0.39, 0.29) is 17.8 Å². The van der Waals surface area contributed by atoms with Crippen molar-refractivity contribution >= 4 is 23.4 Å². The van der Waals surface area contributed by atoms with E-state index in [1.165, 1.54) is 0 Å². The average Bonchev–Trinajstić information content (AvgIpc) is 3.32. The van der Waals surface area contributed by atoms with E-state index in [9.17, 15) is 19.5 Å². The molecule has 0 radical (unpaired) electrons. The Balaban J connectivity index is 2.06. The molecule has 0 spiro atoms. The minimum absolute atomic E-state index is 0.166. The van der Waals surface area contributed by atoms with Crippen LogP contribution in [0.15, 0.2) is 17.8 Å². The highest BCUT2D eigenvalue weighted by Crippen LogP contribution is 2.44. The van der Waals surface area contributed by atoms with Crippen molar-refractivity contribution in [2.75, 3.05) is 6.54 Å². The summed E-state index contributed by atoms with van der Waals surface area (Å²) in [6, 6.07) is 1.94. The molecule has 1 aromatic rings. The molecule has 0 bridgehead atoms. The smallest absolute Gasteiger partial charge is 0.322 e. The zero-order valence-corrected chi connectivity index (χ0v) is 14.0. The number of fused-ring (bicyclic) bond motifs is 1. The number of Topliss-reactive ketones (excluding diaryl/α,β-unsaturated/α-hetero) is 1. The van der Waals surface area contributed by atoms with Gasteiger partial charge in [0.1, 0.15) is 12.1 Å². The van der Waals surface area contributed by atoms with Gasteiger partial charge in [-0.05, 0) is 43.2 Å². The molecule has 0 aromatic carbocycles. The monoisotopic (exact) mass is 346 g/mol. The fourth-order valence-electron chi connectivity index (χ4n) is 3.27. The summed E-state index contributed by atoms with van der Waals surface area (Å²) in [6.07, 6.45) is 6.49. The third-order valence-electron chi connectivity index (χ3n) is 4.68. The second-order valence-corrected chi connectivity index (χ2v) is 6.62. The Morgan fingerprint density at radius 2 is 2.00 bits per heavy atom. The Labute approximate surface area is 145 Å². The topological polar surface area (TPSA) is 109 Å². The molecule has 1 aliphatic heterocycles. The zero-order chi connectivity index (χ0) is 18.0. The van der Waals surface area contributed by atoms with Gasteiger partial charge in [0.05, 0.1) is 5.69 Å². The molecule has 2 heterocycles. The van der Waals surface area contributed by atoms with Crippen LogP contribution < -0.4 is 5.32 Å². The number of aromatic nitrogens is 1. The van der Waals surface area contributed by atoms with Gasteiger partial charge in [0.2, 0.25) is 0 Å². The van der Waals surface area contributed by atoms with Crippen molar-refractivity contribution in [1.82, 2.24) is 9.88 Å². The maximum Gasteiger partial charge on any atom is 0.322 e. The van der Waals surface area contributed by atoms with E-state index in [1.807, 2.05) is 16.8 Å². The number of nitrogens with zero attached hydrogens (tertiary/aromatic N) is 1. The van der Waals surface area contributed by atoms with Gasteiger partial charge in [-0.3, -0.25) is 14.4 Å². The summed E-state index contributed by atoms with van der Waals surface area (Å²) < 4.78 is 1.89. The normalized spacial score (nSPS) is 18.6. The molecule has 1 saturated carbocycles. The lowest BCUT2D eigenvalue weighted by Crippen LogP contribution is -2.33. The molecular formula is C18H22N2O5. The van der Waals surface area contributed by atoms with E-state index in [0.717, 1.165) is 31.2 Å². The number of hydrogen-bond acceptors (Lipinski definition) is 4. The first-order valence-corrected chi connectivity index (χ1v) is 8.65. The van der Waals surface area contributed by atoms with Crippen LogP contribution in [-0.2, 0) is 20.9 Å². The number of carboxylic acid groups (broad SMARTS) is 1. The summed E-state index contributed by atoms with van der Waals surface area (Å²) in [5, 5.41) is 21.8. The third kappa shape index (κ3) is 3.75. The molecule has 1 aliphatic carbocycles. The van der Waals surface area contributed by atoms with Gasteiger partial charge < -0.3 is 20.1 Å². The molecule has 3 rings (SSSR count). The first-order chi connectivity index (χ1) is 12.0. The van der Waals surface area contributed by atoms with Crippen molar-refractivity contribution in [3.8, 4) is 0 Å². The van der Waals surface area contributed by atoms with E-state index < -0.39 is 24.2 Å². The van der Waals surface area contributed by atoms with E-state index in [0.29, 0.717) is 24.6 Å². The van der Waals surface area contributed by atoms with E-state index in [1.54, 1.807) is 0 Å². The molecule has 3 N–H and O–H groups in total. The van der Waals surface area contributed by atoms with Crippen LogP contribution in [0.4, 0.5) is 0 Å². The van der Waals surface area contributed by atoms with E-state index in [2.05, 4.69) is 5.32 Å². The van der Waals surface area contributed by atoms with Gasteiger partial charge >= 0.3 is 5.97 Å². The average molecular weight is 346 g/mol. The van der Waals surface area contributed by atoms with Crippen molar-refractivity contribution in [3.05, 3.63) is 29.1 Å². The maximum atomic E-state index is 12.5. The lowest BCUT2D eigenvalue weighted by Gasteiger charge is -2.16. The van der Waals surface area contributed by atoms with Crippen LogP contribution in [0.3, 0.4) is 0 Å². The molecule has 134 valence electrons. The van der Waals surface area contributed by atoms with Gasteiger partial charge in [0, 0.05) is 19.2 Å². The molecule has 0 atom stereocenters. The number of aliphatic carboxylic acids is 1. The Hall–Kier alpha value is -2.57. The number of carboxylic acids is 1. The van der Waals surface area contributed by atoms with Gasteiger partial charge in [-0.1, -0.05) is 6.42 Å². The highest BCUT2D eigenvalue weighted by molar-refractivity contribution is 6.23. The molecule has 1 fully saturated rings. The molecule has 1 amide bonds. The molecule has 2 aliphatic rings. The molecule has 25 heavy (non-hydrogen) atoms. The van der Waals surface area contributed by atoms with Crippen LogP contribution in [0, 0.1) is 0 Å². The Morgan fingerprint density at radius 1 is 1.24 bits per heavy atom. The Bertz CT molecular complexity index is 743. The van der Waals surface area contributed by atoms with Gasteiger partial charge in [0.15, 0.2) is 11.5 Å². The predicted octanol–water partition coefficient (Wildman–Crippen LogP) is 1.98. The summed E-state index contributed by atoms with van der Waals surface area (Å²) in [5.41, 5.74) is 1.15. The highest BCUT2D eigenvalue weighted by atomic mass is 16.4. The Morgan fingerprint density at radius 3 is 2.68 bits per heavy atom. The van der Waals surface area contributed by atoms with Gasteiger partial charge in [-0.15, -0.1) is 0 Å². The van der Waals surface area contributed by atoms with Gasteiger partial charge in [-0.2, -0.15) is 0 Å². The summed E-state index contributed by atoms with van der Waals surface area (Å²) >= 11 is 0. The van der Waals surface area contributed by atoms with Crippen molar-refractivity contribution in [2.45, 2.75) is 51.0 Å². The summed E-state index contributed by atoms with van der Waals surface area (Å²) in [6.45, 7) is 0.115. The number of rotatable bonds is 4. The van der Waals surface area contributed by atoms with Crippen molar-refractivity contribution in [2.24, 2.45) is 0 Å². The number of nitrogens with one attached hydrogen (secondary N) is 1. The van der Waals surface area contributed by atoms with Crippen molar-refractivity contribution < 1.29 is 24.6 Å².